The summed E-state index contributed by atoms with van der Waals surface area (Å²) in [5.41, 5.74) is 1.83. The number of rotatable bonds is 6. The summed E-state index contributed by atoms with van der Waals surface area (Å²) >= 11 is 0. The van der Waals surface area contributed by atoms with Crippen LogP contribution in [0.3, 0.4) is 0 Å². The second kappa shape index (κ2) is 7.74. The Bertz CT molecular complexity index is 740. The van der Waals surface area contributed by atoms with E-state index >= 15 is 0 Å². The topological polar surface area (TPSA) is 64.7 Å². The van der Waals surface area contributed by atoms with Crippen LogP contribution in [0.1, 0.15) is 39.5 Å². The minimum atomic E-state index is -0.0751. The van der Waals surface area contributed by atoms with E-state index in [0.29, 0.717) is 13.1 Å². The first-order valence-electron chi connectivity index (χ1n) is 10.7. The van der Waals surface area contributed by atoms with Gasteiger partial charge in [-0.3, -0.25) is 9.69 Å². The summed E-state index contributed by atoms with van der Waals surface area (Å²) in [7, 11) is 0. The van der Waals surface area contributed by atoms with Gasteiger partial charge in [0.05, 0.1) is 0 Å². The van der Waals surface area contributed by atoms with E-state index in [1.807, 2.05) is 24.3 Å². The van der Waals surface area contributed by atoms with Crippen molar-refractivity contribution in [3.63, 3.8) is 0 Å². The molecule has 1 spiro atoms. The quantitative estimate of drug-likeness (QED) is 0.791. The molecule has 1 atom stereocenters. The van der Waals surface area contributed by atoms with Crippen LogP contribution in [0.25, 0.3) is 0 Å². The third-order valence-corrected chi connectivity index (χ3v) is 6.66. The van der Waals surface area contributed by atoms with Gasteiger partial charge >= 0.3 is 6.03 Å². The highest BCUT2D eigenvalue weighted by Gasteiger charge is 2.58. The molecule has 2 aliphatic heterocycles. The van der Waals surface area contributed by atoms with Gasteiger partial charge in [0.2, 0.25) is 5.91 Å². The van der Waals surface area contributed by atoms with Crippen LogP contribution in [-0.4, -0.2) is 49.6 Å². The molecule has 152 valence electrons. The molecule has 1 aromatic rings. The van der Waals surface area contributed by atoms with Gasteiger partial charge in [-0.2, -0.15) is 0 Å². The lowest BCUT2D eigenvalue weighted by Crippen LogP contribution is -2.37. The molecule has 1 saturated carbocycles. The molecule has 0 radical (unpaired) electrons. The Morgan fingerprint density at radius 1 is 1.29 bits per heavy atom. The Morgan fingerprint density at radius 3 is 2.75 bits per heavy atom. The number of benzene rings is 1. The number of anilines is 2. The summed E-state index contributed by atoms with van der Waals surface area (Å²) in [6.45, 7) is 9.30. The lowest BCUT2D eigenvalue weighted by atomic mass is 9.90. The number of carbonyl (C=O) groups excluding carboxylic acids is 2. The predicted octanol–water partition coefficient (Wildman–Crippen LogP) is 3.30. The van der Waals surface area contributed by atoms with E-state index < -0.39 is 0 Å². The minimum Gasteiger partial charge on any atom is -0.336 e. The van der Waals surface area contributed by atoms with Crippen molar-refractivity contribution in [2.45, 2.75) is 39.5 Å². The van der Waals surface area contributed by atoms with Crippen LogP contribution in [0.5, 0.6) is 0 Å². The van der Waals surface area contributed by atoms with Gasteiger partial charge in [0.15, 0.2) is 0 Å². The van der Waals surface area contributed by atoms with Crippen molar-refractivity contribution in [3.8, 4) is 0 Å². The molecule has 0 aromatic heterocycles. The second-order valence-electron chi connectivity index (χ2n) is 9.07. The second-order valence-corrected chi connectivity index (χ2v) is 9.07. The number of hydrogen-bond acceptors (Lipinski definition) is 3. The highest BCUT2D eigenvalue weighted by molar-refractivity contribution is 5.97. The maximum atomic E-state index is 12.8. The molecule has 1 aliphatic carbocycles. The molecule has 2 heterocycles. The van der Waals surface area contributed by atoms with E-state index in [1.54, 1.807) is 4.90 Å². The predicted molar refractivity (Wildman–Crippen MR) is 111 cm³/mol. The number of nitrogens with zero attached hydrogens (tertiary/aromatic N) is 2. The Labute approximate surface area is 167 Å². The van der Waals surface area contributed by atoms with Crippen molar-refractivity contribution < 1.29 is 9.59 Å². The molecule has 6 nitrogen and oxygen atoms in total. The Morgan fingerprint density at radius 2 is 2.07 bits per heavy atom. The van der Waals surface area contributed by atoms with Crippen LogP contribution in [0.4, 0.5) is 16.2 Å². The van der Waals surface area contributed by atoms with Crippen molar-refractivity contribution in [2.75, 3.05) is 42.9 Å². The van der Waals surface area contributed by atoms with Gasteiger partial charge in [0.1, 0.15) is 0 Å². The Hall–Kier alpha value is -2.08. The molecule has 1 aromatic carbocycles. The number of hydrogen-bond donors (Lipinski definition) is 2. The van der Waals surface area contributed by atoms with Crippen molar-refractivity contribution in [3.05, 3.63) is 24.3 Å². The molecule has 3 aliphatic rings. The number of likely N-dealkylation sites (tertiary alicyclic amines) is 1. The number of nitrogens with one attached hydrogen (secondary N) is 2. The summed E-state index contributed by atoms with van der Waals surface area (Å²) < 4.78 is 0. The van der Waals surface area contributed by atoms with Crippen LogP contribution >= 0.6 is 0 Å². The third-order valence-electron chi connectivity index (χ3n) is 6.66. The van der Waals surface area contributed by atoms with Gasteiger partial charge in [-0.15, -0.1) is 0 Å². The first-order chi connectivity index (χ1) is 13.5. The Kier molecular flexibility index (Phi) is 5.32. The Balaban J connectivity index is 1.30. The zero-order chi connectivity index (χ0) is 19.7. The van der Waals surface area contributed by atoms with Gasteiger partial charge < -0.3 is 15.5 Å². The first kappa shape index (κ1) is 19.2. The molecule has 3 amide bonds. The third kappa shape index (κ3) is 4.02. The van der Waals surface area contributed by atoms with E-state index in [4.69, 9.17) is 0 Å². The maximum absolute atomic E-state index is 12.8. The molecule has 1 unspecified atom stereocenters. The fourth-order valence-corrected chi connectivity index (χ4v) is 4.63. The molecule has 2 saturated heterocycles. The highest BCUT2D eigenvalue weighted by Crippen LogP contribution is 2.59. The molecule has 4 rings (SSSR count). The normalized spacial score (nSPS) is 23.9. The van der Waals surface area contributed by atoms with E-state index in [9.17, 15) is 9.59 Å². The lowest BCUT2D eigenvalue weighted by Gasteiger charge is -2.33. The van der Waals surface area contributed by atoms with E-state index in [-0.39, 0.29) is 23.3 Å². The van der Waals surface area contributed by atoms with Gasteiger partial charge in [0.25, 0.3) is 0 Å². The molecule has 28 heavy (non-hydrogen) atoms. The average molecular weight is 385 g/mol. The van der Waals surface area contributed by atoms with Crippen molar-refractivity contribution >= 4 is 23.3 Å². The standard InChI is InChI=1S/C22H32N4O2/c1-16(2)6-10-25-11-7-22(8-12-25)15-19(22)20(27)24-17-4-3-5-18(14-17)26-13-9-23-21(26)28/h3-5,14,16,19H,6-13,15H2,1-2H3,(H,23,28)(H,24,27). The summed E-state index contributed by atoms with van der Waals surface area (Å²) in [5.74, 6) is 1.02. The summed E-state index contributed by atoms with van der Waals surface area (Å²) in [6.07, 6.45) is 4.54. The zero-order valence-electron chi connectivity index (χ0n) is 17.0. The van der Waals surface area contributed by atoms with Crippen LogP contribution < -0.4 is 15.5 Å². The molecule has 3 fully saturated rings. The smallest absolute Gasteiger partial charge is 0.321 e. The van der Waals surface area contributed by atoms with Gasteiger partial charge in [-0.05, 0) is 74.8 Å². The van der Waals surface area contributed by atoms with E-state index in [1.165, 1.54) is 13.0 Å². The van der Waals surface area contributed by atoms with E-state index in [0.717, 1.165) is 49.6 Å². The van der Waals surface area contributed by atoms with Crippen LogP contribution in [0, 0.1) is 17.3 Å². The van der Waals surface area contributed by atoms with Crippen LogP contribution in [0.2, 0.25) is 0 Å². The van der Waals surface area contributed by atoms with Gasteiger partial charge in [-0.1, -0.05) is 19.9 Å². The number of carbonyl (C=O) groups is 2. The zero-order valence-corrected chi connectivity index (χ0v) is 17.0. The van der Waals surface area contributed by atoms with E-state index in [2.05, 4.69) is 29.4 Å². The average Bonchev–Trinajstić information content (AvgIpc) is 3.20. The first-order valence-corrected chi connectivity index (χ1v) is 10.7. The minimum absolute atomic E-state index is 0.0751. The molecule has 6 heteroatoms. The molecular formula is C22H32N4O2. The van der Waals surface area contributed by atoms with Crippen molar-refractivity contribution in [1.82, 2.24) is 10.2 Å². The number of piperidine rings is 1. The number of amides is 3. The molecule has 0 bridgehead atoms. The summed E-state index contributed by atoms with van der Waals surface area (Å²) in [5, 5.41) is 5.90. The SMILES string of the molecule is CC(C)CCN1CCC2(CC1)CC2C(=O)Nc1cccc(N2CCNC2=O)c1. The summed E-state index contributed by atoms with van der Waals surface area (Å²) in [6, 6.07) is 7.53. The van der Waals surface area contributed by atoms with Crippen LogP contribution in [0.15, 0.2) is 24.3 Å². The molecular weight excluding hydrogens is 352 g/mol. The van der Waals surface area contributed by atoms with Gasteiger partial charge in [-0.25, -0.2) is 4.79 Å². The fraction of sp³-hybridized carbons (Fsp3) is 0.636. The van der Waals surface area contributed by atoms with Gasteiger partial charge in [0, 0.05) is 30.4 Å². The van der Waals surface area contributed by atoms with Crippen molar-refractivity contribution in [1.29, 1.82) is 0 Å². The monoisotopic (exact) mass is 384 g/mol. The molecule has 2 N–H and O–H groups in total. The summed E-state index contributed by atoms with van der Waals surface area (Å²) in [4.78, 5) is 29.0. The van der Waals surface area contributed by atoms with Crippen LogP contribution in [-0.2, 0) is 4.79 Å². The highest BCUT2D eigenvalue weighted by atomic mass is 16.2. The lowest BCUT2D eigenvalue weighted by molar-refractivity contribution is -0.118. The maximum Gasteiger partial charge on any atom is 0.321 e. The number of urea groups is 1. The van der Waals surface area contributed by atoms with Crippen molar-refractivity contribution in [2.24, 2.45) is 17.3 Å². The largest absolute Gasteiger partial charge is 0.336 e. The fourth-order valence-electron chi connectivity index (χ4n) is 4.63.